The summed E-state index contributed by atoms with van der Waals surface area (Å²) in [6.07, 6.45) is 1.92. The van der Waals surface area contributed by atoms with Gasteiger partial charge in [0.1, 0.15) is 0 Å². The summed E-state index contributed by atoms with van der Waals surface area (Å²) in [5.41, 5.74) is 2.69. The minimum absolute atomic E-state index is 0.0542. The van der Waals surface area contributed by atoms with Gasteiger partial charge < -0.3 is 4.57 Å². The van der Waals surface area contributed by atoms with Gasteiger partial charge in [0.05, 0.1) is 11.6 Å². The first-order valence-corrected chi connectivity index (χ1v) is 7.34. The predicted octanol–water partition coefficient (Wildman–Crippen LogP) is 5.14. The van der Waals surface area contributed by atoms with Crippen LogP contribution in [-0.4, -0.2) is 10.4 Å². The molecule has 0 radical (unpaired) electrons. The third kappa shape index (κ3) is 2.69. The molecule has 1 heterocycles. The maximum Gasteiger partial charge on any atom is 0.184 e. The van der Waals surface area contributed by atoms with Crippen molar-refractivity contribution in [2.75, 3.05) is 0 Å². The fourth-order valence-corrected chi connectivity index (χ4v) is 2.86. The first-order chi connectivity index (χ1) is 10.1. The van der Waals surface area contributed by atoms with Gasteiger partial charge in [-0.25, -0.2) is 0 Å². The molecular weight excluding hydrogens is 305 g/mol. The topological polar surface area (TPSA) is 22.0 Å². The molecule has 0 spiro atoms. The number of aromatic nitrogens is 1. The highest BCUT2D eigenvalue weighted by molar-refractivity contribution is 6.35. The van der Waals surface area contributed by atoms with Crippen molar-refractivity contribution in [1.29, 1.82) is 0 Å². The Labute approximate surface area is 132 Å². The number of aryl methyl sites for hydroxylation is 1. The van der Waals surface area contributed by atoms with Gasteiger partial charge in [0, 0.05) is 27.7 Å². The second-order valence-corrected chi connectivity index (χ2v) is 5.84. The molecule has 0 saturated heterocycles. The third-order valence-corrected chi connectivity index (χ3v) is 4.14. The summed E-state index contributed by atoms with van der Waals surface area (Å²) < 4.78 is 1.93. The number of rotatable bonds is 3. The number of hydrogen-bond donors (Lipinski definition) is 0. The summed E-state index contributed by atoms with van der Waals surface area (Å²) in [6.45, 7) is 2.30. The standard InChI is InChI=1S/C17H13Cl2NO/c1-11-3-2-4-16-13(11)7-8-20(16)10-17(21)14-9-12(18)5-6-15(14)19/h2-9H,10H2,1H3. The van der Waals surface area contributed by atoms with Gasteiger partial charge in [-0.15, -0.1) is 0 Å². The Hall–Kier alpha value is -1.77. The molecule has 21 heavy (non-hydrogen) atoms. The molecule has 1 aromatic heterocycles. The monoisotopic (exact) mass is 317 g/mol. The van der Waals surface area contributed by atoms with Crippen LogP contribution in [0.3, 0.4) is 0 Å². The van der Waals surface area contributed by atoms with Gasteiger partial charge in [0.15, 0.2) is 5.78 Å². The van der Waals surface area contributed by atoms with Crippen molar-refractivity contribution in [1.82, 2.24) is 4.57 Å². The average Bonchev–Trinajstić information content (AvgIpc) is 2.86. The zero-order valence-electron chi connectivity index (χ0n) is 11.4. The van der Waals surface area contributed by atoms with Gasteiger partial charge in [-0.2, -0.15) is 0 Å². The Balaban J connectivity index is 1.97. The highest BCUT2D eigenvalue weighted by Gasteiger charge is 2.13. The van der Waals surface area contributed by atoms with Crippen LogP contribution >= 0.6 is 23.2 Å². The maximum atomic E-state index is 12.4. The highest BCUT2D eigenvalue weighted by atomic mass is 35.5. The normalized spacial score (nSPS) is 11.0. The number of nitrogens with zero attached hydrogens (tertiary/aromatic N) is 1. The average molecular weight is 318 g/mol. The van der Waals surface area contributed by atoms with E-state index < -0.39 is 0 Å². The predicted molar refractivity (Wildman–Crippen MR) is 87.5 cm³/mol. The number of ketones is 1. The molecule has 0 N–H and O–H groups in total. The molecule has 3 aromatic rings. The smallest absolute Gasteiger partial charge is 0.184 e. The van der Waals surface area contributed by atoms with Crippen LogP contribution in [0.5, 0.6) is 0 Å². The zero-order chi connectivity index (χ0) is 15.0. The van der Waals surface area contributed by atoms with Crippen LogP contribution in [0.2, 0.25) is 10.0 Å². The molecule has 0 aliphatic rings. The minimum Gasteiger partial charge on any atom is -0.340 e. The van der Waals surface area contributed by atoms with E-state index >= 15 is 0 Å². The first-order valence-electron chi connectivity index (χ1n) is 6.59. The number of carbonyl (C=O) groups excluding carboxylic acids is 1. The molecule has 106 valence electrons. The van der Waals surface area contributed by atoms with Crippen molar-refractivity contribution < 1.29 is 4.79 Å². The Morgan fingerprint density at radius 3 is 2.76 bits per heavy atom. The summed E-state index contributed by atoms with van der Waals surface area (Å²) in [4.78, 5) is 12.4. The molecular formula is C17H13Cl2NO. The Morgan fingerprint density at radius 2 is 1.95 bits per heavy atom. The van der Waals surface area contributed by atoms with Crippen molar-refractivity contribution in [3.8, 4) is 0 Å². The number of halogens is 2. The number of hydrogen-bond acceptors (Lipinski definition) is 1. The Kier molecular flexibility index (Phi) is 3.75. The number of Topliss-reactive ketones (excluding diaryl/α,β-unsaturated/α-hetero) is 1. The van der Waals surface area contributed by atoms with Crippen LogP contribution in [0.15, 0.2) is 48.7 Å². The van der Waals surface area contributed by atoms with Crippen molar-refractivity contribution in [3.05, 3.63) is 69.8 Å². The summed E-state index contributed by atoms with van der Waals surface area (Å²) in [6, 6.07) is 13.0. The lowest BCUT2D eigenvalue weighted by Gasteiger charge is -2.07. The third-order valence-electron chi connectivity index (χ3n) is 3.57. The first kappa shape index (κ1) is 14.2. The molecule has 2 aromatic carbocycles. The largest absolute Gasteiger partial charge is 0.340 e. The molecule has 0 amide bonds. The van der Waals surface area contributed by atoms with Gasteiger partial charge in [-0.1, -0.05) is 35.3 Å². The van der Waals surface area contributed by atoms with Crippen LogP contribution in [0.4, 0.5) is 0 Å². The second-order valence-electron chi connectivity index (χ2n) is 5.00. The van der Waals surface area contributed by atoms with Crippen LogP contribution in [-0.2, 0) is 6.54 Å². The second kappa shape index (κ2) is 5.55. The molecule has 0 saturated carbocycles. The summed E-state index contributed by atoms with van der Waals surface area (Å²) in [5.74, 6) is -0.0542. The van der Waals surface area contributed by atoms with E-state index in [2.05, 4.69) is 13.0 Å². The van der Waals surface area contributed by atoms with Crippen LogP contribution < -0.4 is 0 Å². The molecule has 3 rings (SSSR count). The SMILES string of the molecule is Cc1cccc2c1ccn2CC(=O)c1cc(Cl)ccc1Cl. The van der Waals surface area contributed by atoms with Crippen molar-refractivity contribution in [2.24, 2.45) is 0 Å². The van der Waals surface area contributed by atoms with E-state index in [1.807, 2.05) is 29.0 Å². The quantitative estimate of drug-likeness (QED) is 0.613. The maximum absolute atomic E-state index is 12.4. The summed E-state index contributed by atoms with van der Waals surface area (Å²) in [5, 5.41) is 2.09. The summed E-state index contributed by atoms with van der Waals surface area (Å²) >= 11 is 12.0. The number of benzene rings is 2. The molecule has 0 fully saturated rings. The number of carbonyl (C=O) groups is 1. The zero-order valence-corrected chi connectivity index (χ0v) is 12.9. The summed E-state index contributed by atoms with van der Waals surface area (Å²) in [7, 11) is 0. The molecule has 0 aliphatic heterocycles. The lowest BCUT2D eigenvalue weighted by atomic mass is 10.1. The van der Waals surface area contributed by atoms with Crippen LogP contribution in [0, 0.1) is 6.92 Å². The van der Waals surface area contributed by atoms with Crippen molar-refractivity contribution in [3.63, 3.8) is 0 Å². The molecule has 0 unspecified atom stereocenters. The Bertz CT molecular complexity index is 836. The fourth-order valence-electron chi connectivity index (χ4n) is 2.47. The minimum atomic E-state index is -0.0542. The fraction of sp³-hybridized carbons (Fsp3) is 0.118. The Morgan fingerprint density at radius 1 is 1.14 bits per heavy atom. The lowest BCUT2D eigenvalue weighted by molar-refractivity contribution is 0.0974. The van der Waals surface area contributed by atoms with Crippen molar-refractivity contribution in [2.45, 2.75) is 13.5 Å². The number of fused-ring (bicyclic) bond motifs is 1. The van der Waals surface area contributed by atoms with E-state index in [-0.39, 0.29) is 12.3 Å². The van der Waals surface area contributed by atoms with E-state index in [0.717, 1.165) is 10.9 Å². The van der Waals surface area contributed by atoms with E-state index in [1.165, 1.54) is 5.56 Å². The molecule has 4 heteroatoms. The van der Waals surface area contributed by atoms with Gasteiger partial charge in [-0.05, 0) is 42.8 Å². The van der Waals surface area contributed by atoms with Crippen LogP contribution in [0.25, 0.3) is 10.9 Å². The molecule has 0 atom stereocenters. The van der Waals surface area contributed by atoms with E-state index in [0.29, 0.717) is 15.6 Å². The molecule has 0 aliphatic carbocycles. The highest BCUT2D eigenvalue weighted by Crippen LogP contribution is 2.23. The van der Waals surface area contributed by atoms with Crippen molar-refractivity contribution >= 4 is 39.9 Å². The molecule has 0 bridgehead atoms. The van der Waals surface area contributed by atoms with Gasteiger partial charge in [-0.3, -0.25) is 4.79 Å². The van der Waals surface area contributed by atoms with E-state index in [9.17, 15) is 4.79 Å². The van der Waals surface area contributed by atoms with E-state index in [1.54, 1.807) is 18.2 Å². The van der Waals surface area contributed by atoms with Gasteiger partial charge in [0.2, 0.25) is 0 Å². The lowest BCUT2D eigenvalue weighted by Crippen LogP contribution is -2.10. The van der Waals surface area contributed by atoms with Crippen LogP contribution in [0.1, 0.15) is 15.9 Å². The van der Waals surface area contributed by atoms with E-state index in [4.69, 9.17) is 23.2 Å². The van der Waals surface area contributed by atoms with Gasteiger partial charge in [0.25, 0.3) is 0 Å². The van der Waals surface area contributed by atoms with Gasteiger partial charge >= 0.3 is 0 Å². The molecule has 2 nitrogen and oxygen atoms in total.